The number of esters is 1. The Bertz CT molecular complexity index is 264. The van der Waals surface area contributed by atoms with E-state index in [1.54, 1.807) is 0 Å². The van der Waals surface area contributed by atoms with Crippen molar-refractivity contribution in [3.63, 3.8) is 0 Å². The van der Waals surface area contributed by atoms with Crippen molar-refractivity contribution in [3.05, 3.63) is 0 Å². The van der Waals surface area contributed by atoms with Crippen molar-refractivity contribution in [3.8, 4) is 0 Å². The van der Waals surface area contributed by atoms with Crippen molar-refractivity contribution < 1.29 is 9.53 Å². The summed E-state index contributed by atoms with van der Waals surface area (Å²) in [5, 5.41) is 0. The Balaban J connectivity index is 0.00000256. The van der Waals surface area contributed by atoms with E-state index in [4.69, 9.17) is 4.74 Å². The average Bonchev–Trinajstić information content (AvgIpc) is 2.45. The first kappa shape index (κ1) is 16.4. The van der Waals surface area contributed by atoms with Crippen LogP contribution in [0.4, 0.5) is 0 Å². The van der Waals surface area contributed by atoms with Crippen molar-refractivity contribution in [2.45, 2.75) is 71.6 Å². The van der Waals surface area contributed by atoms with Gasteiger partial charge in [0.05, 0.1) is 0 Å². The standard InChI is InChI=1S/C13H25NO2.H3N/c1-12(2,3)14-9-7-8-10(14)11(15)16-13(4,5)6;/h10H,7-9H2,1-6H3;1H3. The van der Waals surface area contributed by atoms with E-state index in [1.165, 1.54) is 0 Å². The lowest BCUT2D eigenvalue weighted by Crippen LogP contribution is -2.49. The van der Waals surface area contributed by atoms with Crippen LogP contribution in [0.2, 0.25) is 0 Å². The zero-order valence-electron chi connectivity index (χ0n) is 12.2. The van der Waals surface area contributed by atoms with Gasteiger partial charge in [-0.3, -0.25) is 9.69 Å². The summed E-state index contributed by atoms with van der Waals surface area (Å²) >= 11 is 0. The first-order valence-electron chi connectivity index (χ1n) is 6.11. The molecule has 1 atom stereocenters. The van der Waals surface area contributed by atoms with Crippen molar-refractivity contribution in [1.29, 1.82) is 0 Å². The lowest BCUT2D eigenvalue weighted by atomic mass is 10.0. The normalized spacial score (nSPS) is 22.1. The molecule has 1 heterocycles. The third kappa shape index (κ3) is 4.64. The minimum Gasteiger partial charge on any atom is -0.459 e. The van der Waals surface area contributed by atoms with E-state index in [0.717, 1.165) is 19.4 Å². The topological polar surface area (TPSA) is 64.5 Å². The monoisotopic (exact) mass is 244 g/mol. The van der Waals surface area contributed by atoms with Gasteiger partial charge in [0.1, 0.15) is 11.6 Å². The molecule has 1 aliphatic rings. The van der Waals surface area contributed by atoms with Gasteiger partial charge in [-0.1, -0.05) is 0 Å². The molecule has 102 valence electrons. The minimum atomic E-state index is -0.386. The van der Waals surface area contributed by atoms with E-state index in [1.807, 2.05) is 20.8 Å². The fourth-order valence-electron chi connectivity index (χ4n) is 2.18. The summed E-state index contributed by atoms with van der Waals surface area (Å²) in [4.78, 5) is 14.3. The molecule has 1 rings (SSSR count). The van der Waals surface area contributed by atoms with Crippen LogP contribution in [-0.2, 0) is 9.53 Å². The maximum atomic E-state index is 12.1. The van der Waals surface area contributed by atoms with Crippen molar-refractivity contribution in [2.24, 2.45) is 0 Å². The highest BCUT2D eigenvalue weighted by Crippen LogP contribution is 2.28. The van der Waals surface area contributed by atoms with Gasteiger partial charge in [-0.15, -0.1) is 0 Å². The number of hydrogen-bond acceptors (Lipinski definition) is 4. The van der Waals surface area contributed by atoms with Crippen LogP contribution in [-0.4, -0.2) is 34.6 Å². The smallest absolute Gasteiger partial charge is 0.323 e. The number of rotatable bonds is 1. The molecule has 1 unspecified atom stereocenters. The molecule has 0 aromatic rings. The molecule has 17 heavy (non-hydrogen) atoms. The van der Waals surface area contributed by atoms with Crippen LogP contribution < -0.4 is 6.15 Å². The van der Waals surface area contributed by atoms with E-state index in [0.29, 0.717) is 0 Å². The molecule has 1 fully saturated rings. The van der Waals surface area contributed by atoms with Crippen LogP contribution in [0.25, 0.3) is 0 Å². The zero-order valence-corrected chi connectivity index (χ0v) is 12.2. The van der Waals surface area contributed by atoms with Crippen LogP contribution in [0.5, 0.6) is 0 Å². The Morgan fingerprint density at radius 3 is 2.12 bits per heavy atom. The number of carbonyl (C=O) groups excluding carboxylic acids is 1. The maximum absolute atomic E-state index is 12.1. The Hall–Kier alpha value is -0.610. The Kier molecular flexibility index (Phi) is 5.16. The summed E-state index contributed by atoms with van der Waals surface area (Å²) in [6.45, 7) is 13.2. The molecular weight excluding hydrogens is 216 g/mol. The molecular formula is C13H28N2O2. The predicted molar refractivity (Wildman–Crippen MR) is 70.3 cm³/mol. The SMILES string of the molecule is CC(C)(C)OC(=O)C1CCCN1C(C)(C)C.N. The van der Waals surface area contributed by atoms with Gasteiger partial charge < -0.3 is 10.9 Å². The summed E-state index contributed by atoms with van der Waals surface area (Å²) in [6, 6.07) is -0.0563. The Labute approximate surface area is 105 Å². The van der Waals surface area contributed by atoms with Gasteiger partial charge in [-0.2, -0.15) is 0 Å². The quantitative estimate of drug-likeness (QED) is 0.720. The van der Waals surface area contributed by atoms with Gasteiger partial charge in [0.2, 0.25) is 0 Å². The molecule has 4 nitrogen and oxygen atoms in total. The number of hydrogen-bond donors (Lipinski definition) is 1. The van der Waals surface area contributed by atoms with E-state index < -0.39 is 0 Å². The fraction of sp³-hybridized carbons (Fsp3) is 0.923. The summed E-state index contributed by atoms with van der Waals surface area (Å²) < 4.78 is 5.47. The summed E-state index contributed by atoms with van der Waals surface area (Å²) in [5.74, 6) is -0.0695. The van der Waals surface area contributed by atoms with Gasteiger partial charge >= 0.3 is 5.97 Å². The molecule has 3 N–H and O–H groups in total. The average molecular weight is 244 g/mol. The second kappa shape index (κ2) is 5.36. The lowest BCUT2D eigenvalue weighted by Gasteiger charge is -2.36. The van der Waals surface area contributed by atoms with Gasteiger partial charge in [0.15, 0.2) is 0 Å². The maximum Gasteiger partial charge on any atom is 0.323 e. The summed E-state index contributed by atoms with van der Waals surface area (Å²) in [7, 11) is 0. The summed E-state index contributed by atoms with van der Waals surface area (Å²) in [5.41, 5.74) is -0.346. The molecule has 1 saturated heterocycles. The molecule has 0 aromatic carbocycles. The van der Waals surface area contributed by atoms with E-state index in [2.05, 4.69) is 25.7 Å². The second-order valence-corrected chi connectivity index (χ2v) is 6.56. The predicted octanol–water partition coefficient (Wildman–Crippen LogP) is 2.75. The highest BCUT2D eigenvalue weighted by atomic mass is 16.6. The molecule has 0 aliphatic carbocycles. The first-order valence-corrected chi connectivity index (χ1v) is 6.11. The lowest BCUT2D eigenvalue weighted by molar-refractivity contribution is -0.162. The van der Waals surface area contributed by atoms with Gasteiger partial charge in [-0.25, -0.2) is 0 Å². The zero-order chi connectivity index (χ0) is 12.6. The molecule has 0 aromatic heterocycles. The Morgan fingerprint density at radius 2 is 1.71 bits per heavy atom. The van der Waals surface area contributed by atoms with E-state index >= 15 is 0 Å². The fourth-order valence-corrected chi connectivity index (χ4v) is 2.18. The third-order valence-corrected chi connectivity index (χ3v) is 2.79. The van der Waals surface area contributed by atoms with Crippen LogP contribution in [0, 0.1) is 0 Å². The Morgan fingerprint density at radius 1 is 1.18 bits per heavy atom. The molecule has 4 heteroatoms. The molecule has 0 spiro atoms. The van der Waals surface area contributed by atoms with Crippen LogP contribution in [0.15, 0.2) is 0 Å². The number of ether oxygens (including phenoxy) is 1. The molecule has 0 radical (unpaired) electrons. The van der Waals surface area contributed by atoms with E-state index in [-0.39, 0.29) is 29.3 Å². The second-order valence-electron chi connectivity index (χ2n) is 6.56. The van der Waals surface area contributed by atoms with Crippen molar-refractivity contribution >= 4 is 5.97 Å². The molecule has 0 bridgehead atoms. The molecule has 0 amide bonds. The van der Waals surface area contributed by atoms with E-state index in [9.17, 15) is 4.79 Å². The number of likely N-dealkylation sites (tertiary alicyclic amines) is 1. The first-order chi connectivity index (χ1) is 7.11. The van der Waals surface area contributed by atoms with Crippen LogP contribution in [0.3, 0.4) is 0 Å². The largest absolute Gasteiger partial charge is 0.459 e. The highest BCUT2D eigenvalue weighted by molar-refractivity contribution is 5.76. The molecule has 0 saturated carbocycles. The van der Waals surface area contributed by atoms with Crippen LogP contribution in [0.1, 0.15) is 54.4 Å². The highest BCUT2D eigenvalue weighted by Gasteiger charge is 2.39. The van der Waals surface area contributed by atoms with Crippen LogP contribution >= 0.6 is 0 Å². The van der Waals surface area contributed by atoms with Gasteiger partial charge in [0, 0.05) is 5.54 Å². The summed E-state index contributed by atoms with van der Waals surface area (Å²) in [6.07, 6.45) is 2.01. The van der Waals surface area contributed by atoms with Crippen molar-refractivity contribution in [2.75, 3.05) is 6.54 Å². The van der Waals surface area contributed by atoms with Crippen molar-refractivity contribution in [1.82, 2.24) is 11.1 Å². The van der Waals surface area contributed by atoms with Gasteiger partial charge in [0.25, 0.3) is 0 Å². The number of carbonyl (C=O) groups is 1. The number of nitrogens with zero attached hydrogens (tertiary/aromatic N) is 1. The third-order valence-electron chi connectivity index (χ3n) is 2.79. The molecule has 1 aliphatic heterocycles. The minimum absolute atomic E-state index is 0. The van der Waals surface area contributed by atoms with Gasteiger partial charge in [-0.05, 0) is 60.9 Å².